The Labute approximate surface area is 118 Å². The molecular weight excluding hydrogens is 232 g/mol. The Morgan fingerprint density at radius 2 is 1.42 bits per heavy atom. The Hall–Kier alpha value is -1.02. The van der Waals surface area contributed by atoms with Gasteiger partial charge in [-0.1, -0.05) is 6.07 Å². The van der Waals surface area contributed by atoms with E-state index in [2.05, 4.69) is 45.7 Å². The third kappa shape index (κ3) is 2.79. The molecule has 1 aliphatic carbocycles. The van der Waals surface area contributed by atoms with Gasteiger partial charge in [-0.3, -0.25) is 0 Å². The maximum atomic E-state index is 6.03. The molecule has 0 atom stereocenters. The Morgan fingerprint density at radius 1 is 0.947 bits per heavy atom. The SMILES string of the molecule is Cc1cc(C)c(C)c(N(C)C2CCC(N)CC2)c1C. The van der Waals surface area contributed by atoms with Crippen LogP contribution in [0.25, 0.3) is 0 Å². The quantitative estimate of drug-likeness (QED) is 0.880. The molecule has 1 aromatic carbocycles. The number of hydrogen-bond donors (Lipinski definition) is 1. The summed E-state index contributed by atoms with van der Waals surface area (Å²) >= 11 is 0. The van der Waals surface area contributed by atoms with Crippen molar-refractivity contribution in [2.24, 2.45) is 5.73 Å². The number of benzene rings is 1. The molecule has 1 fully saturated rings. The van der Waals surface area contributed by atoms with E-state index in [0.717, 1.165) is 12.8 Å². The van der Waals surface area contributed by atoms with Gasteiger partial charge in [0.2, 0.25) is 0 Å². The first kappa shape index (κ1) is 14.4. The van der Waals surface area contributed by atoms with Gasteiger partial charge in [0.1, 0.15) is 0 Å². The molecule has 1 aromatic rings. The lowest BCUT2D eigenvalue weighted by molar-refractivity contribution is 0.384. The van der Waals surface area contributed by atoms with Crippen LogP contribution in [0, 0.1) is 27.7 Å². The zero-order valence-corrected chi connectivity index (χ0v) is 13.1. The number of nitrogens with two attached hydrogens (primary N) is 1. The van der Waals surface area contributed by atoms with E-state index in [-0.39, 0.29) is 0 Å². The normalized spacial score (nSPS) is 23.5. The molecule has 2 nitrogen and oxygen atoms in total. The third-order valence-corrected chi connectivity index (χ3v) is 4.97. The fraction of sp³-hybridized carbons (Fsp3) is 0.647. The van der Waals surface area contributed by atoms with Crippen molar-refractivity contribution >= 4 is 5.69 Å². The van der Waals surface area contributed by atoms with Crippen LogP contribution < -0.4 is 10.6 Å². The van der Waals surface area contributed by atoms with E-state index in [1.54, 1.807) is 0 Å². The van der Waals surface area contributed by atoms with Crippen LogP contribution in [-0.4, -0.2) is 19.1 Å². The monoisotopic (exact) mass is 260 g/mol. The first-order valence-electron chi connectivity index (χ1n) is 7.47. The summed E-state index contributed by atoms with van der Waals surface area (Å²) in [6.45, 7) is 8.94. The molecule has 2 heteroatoms. The van der Waals surface area contributed by atoms with Crippen molar-refractivity contribution < 1.29 is 0 Å². The summed E-state index contributed by atoms with van der Waals surface area (Å²) in [4.78, 5) is 2.51. The second kappa shape index (κ2) is 5.54. The zero-order chi connectivity index (χ0) is 14.2. The molecule has 2 rings (SSSR count). The van der Waals surface area contributed by atoms with Gasteiger partial charge in [0.25, 0.3) is 0 Å². The smallest absolute Gasteiger partial charge is 0.0430 e. The Kier molecular flexibility index (Phi) is 4.19. The summed E-state index contributed by atoms with van der Waals surface area (Å²) in [6, 6.07) is 3.38. The van der Waals surface area contributed by atoms with Gasteiger partial charge in [-0.25, -0.2) is 0 Å². The molecule has 0 aliphatic heterocycles. The van der Waals surface area contributed by atoms with Crippen molar-refractivity contribution in [2.45, 2.75) is 65.5 Å². The number of hydrogen-bond acceptors (Lipinski definition) is 2. The maximum absolute atomic E-state index is 6.03. The minimum atomic E-state index is 0.422. The van der Waals surface area contributed by atoms with E-state index >= 15 is 0 Å². The van der Waals surface area contributed by atoms with Crippen LogP contribution in [0.15, 0.2) is 6.07 Å². The van der Waals surface area contributed by atoms with Gasteiger partial charge in [-0.2, -0.15) is 0 Å². The summed E-state index contributed by atoms with van der Waals surface area (Å²) in [5.41, 5.74) is 13.1. The van der Waals surface area contributed by atoms with E-state index in [9.17, 15) is 0 Å². The van der Waals surface area contributed by atoms with E-state index < -0.39 is 0 Å². The van der Waals surface area contributed by atoms with Crippen LogP contribution >= 0.6 is 0 Å². The second-order valence-electron chi connectivity index (χ2n) is 6.29. The van der Waals surface area contributed by atoms with E-state index in [4.69, 9.17) is 5.73 Å². The Balaban J connectivity index is 2.31. The molecule has 0 unspecified atom stereocenters. The largest absolute Gasteiger partial charge is 0.371 e. The van der Waals surface area contributed by atoms with Crippen LogP contribution in [0.2, 0.25) is 0 Å². The van der Waals surface area contributed by atoms with Crippen molar-refractivity contribution in [3.63, 3.8) is 0 Å². The predicted molar refractivity (Wildman–Crippen MR) is 84.0 cm³/mol. The second-order valence-corrected chi connectivity index (χ2v) is 6.29. The van der Waals surface area contributed by atoms with E-state index in [1.807, 2.05) is 0 Å². The molecule has 0 bridgehead atoms. The standard InChI is InChI=1S/C17H28N2/c1-11-10-12(2)14(4)17(13(11)3)19(5)16-8-6-15(18)7-9-16/h10,15-16H,6-9,18H2,1-5H3. The summed E-state index contributed by atoms with van der Waals surface area (Å²) in [6.07, 6.45) is 4.78. The number of aryl methyl sites for hydroxylation is 2. The van der Waals surface area contributed by atoms with E-state index in [1.165, 1.54) is 40.8 Å². The van der Waals surface area contributed by atoms with Gasteiger partial charge < -0.3 is 10.6 Å². The minimum Gasteiger partial charge on any atom is -0.371 e. The molecular formula is C17H28N2. The molecule has 0 radical (unpaired) electrons. The Bertz CT molecular complexity index is 431. The molecule has 1 aliphatic rings. The molecule has 2 N–H and O–H groups in total. The van der Waals surface area contributed by atoms with Crippen molar-refractivity contribution in [3.8, 4) is 0 Å². The van der Waals surface area contributed by atoms with E-state index in [0.29, 0.717) is 12.1 Å². The summed E-state index contributed by atoms with van der Waals surface area (Å²) < 4.78 is 0. The molecule has 0 amide bonds. The Morgan fingerprint density at radius 3 is 1.89 bits per heavy atom. The van der Waals surface area contributed by atoms with Crippen LogP contribution in [0.5, 0.6) is 0 Å². The molecule has 0 heterocycles. The summed E-state index contributed by atoms with van der Waals surface area (Å²) in [5, 5.41) is 0. The predicted octanol–water partition coefficient (Wildman–Crippen LogP) is 3.63. The lowest BCUT2D eigenvalue weighted by atomic mass is 9.89. The number of nitrogens with zero attached hydrogens (tertiary/aromatic N) is 1. The highest BCUT2D eigenvalue weighted by Crippen LogP contribution is 2.33. The molecule has 0 aromatic heterocycles. The minimum absolute atomic E-state index is 0.422. The maximum Gasteiger partial charge on any atom is 0.0430 e. The highest BCUT2D eigenvalue weighted by Gasteiger charge is 2.24. The summed E-state index contributed by atoms with van der Waals surface area (Å²) in [5.74, 6) is 0. The van der Waals surface area contributed by atoms with Gasteiger partial charge in [-0.05, 0) is 75.6 Å². The zero-order valence-electron chi connectivity index (χ0n) is 13.1. The van der Waals surface area contributed by atoms with Gasteiger partial charge in [0.05, 0.1) is 0 Å². The lowest BCUT2D eigenvalue weighted by Crippen LogP contribution is -2.39. The molecule has 106 valence electrons. The van der Waals surface area contributed by atoms with Crippen LogP contribution in [0.1, 0.15) is 47.9 Å². The summed E-state index contributed by atoms with van der Waals surface area (Å²) in [7, 11) is 2.26. The average molecular weight is 260 g/mol. The molecule has 0 saturated heterocycles. The first-order chi connectivity index (χ1) is 8.91. The van der Waals surface area contributed by atoms with Crippen molar-refractivity contribution in [1.82, 2.24) is 0 Å². The average Bonchev–Trinajstić information content (AvgIpc) is 2.37. The third-order valence-electron chi connectivity index (χ3n) is 4.97. The molecule has 1 saturated carbocycles. The number of anilines is 1. The van der Waals surface area contributed by atoms with Gasteiger partial charge in [0.15, 0.2) is 0 Å². The highest BCUT2D eigenvalue weighted by molar-refractivity contribution is 5.64. The topological polar surface area (TPSA) is 29.3 Å². The van der Waals surface area contributed by atoms with Gasteiger partial charge in [0, 0.05) is 24.8 Å². The van der Waals surface area contributed by atoms with Crippen LogP contribution in [0.4, 0.5) is 5.69 Å². The van der Waals surface area contributed by atoms with Gasteiger partial charge >= 0.3 is 0 Å². The fourth-order valence-electron chi connectivity index (χ4n) is 3.40. The lowest BCUT2D eigenvalue weighted by Gasteiger charge is -2.37. The van der Waals surface area contributed by atoms with Crippen molar-refractivity contribution in [2.75, 3.05) is 11.9 Å². The first-order valence-corrected chi connectivity index (χ1v) is 7.47. The fourth-order valence-corrected chi connectivity index (χ4v) is 3.40. The van der Waals surface area contributed by atoms with Crippen LogP contribution in [-0.2, 0) is 0 Å². The molecule has 19 heavy (non-hydrogen) atoms. The van der Waals surface area contributed by atoms with Crippen molar-refractivity contribution in [1.29, 1.82) is 0 Å². The number of rotatable bonds is 2. The van der Waals surface area contributed by atoms with Gasteiger partial charge in [-0.15, -0.1) is 0 Å². The van der Waals surface area contributed by atoms with Crippen LogP contribution in [0.3, 0.4) is 0 Å². The molecule has 0 spiro atoms. The van der Waals surface area contributed by atoms with Crippen molar-refractivity contribution in [3.05, 3.63) is 28.3 Å². The highest BCUT2D eigenvalue weighted by atomic mass is 15.1.